The Bertz CT molecular complexity index is 864. The fraction of sp³-hybridized carbons (Fsp3) is 0.412. The van der Waals surface area contributed by atoms with Crippen molar-refractivity contribution in [1.82, 2.24) is 14.2 Å². The molecule has 2 aromatic rings. The van der Waals surface area contributed by atoms with Crippen molar-refractivity contribution in [2.45, 2.75) is 10.9 Å². The highest BCUT2D eigenvalue weighted by atomic mass is 35.5. The second kappa shape index (κ2) is 8.29. The van der Waals surface area contributed by atoms with E-state index in [1.165, 1.54) is 12.1 Å². The molecular weight excluding hydrogens is 397 g/mol. The molecule has 0 radical (unpaired) electrons. The molecular formula is C17H21Cl2N3O3S. The Morgan fingerprint density at radius 1 is 1.23 bits per heavy atom. The summed E-state index contributed by atoms with van der Waals surface area (Å²) < 4.78 is 35.6. The predicted molar refractivity (Wildman–Crippen MR) is 102 cm³/mol. The highest BCUT2D eigenvalue weighted by molar-refractivity contribution is 7.89. The molecule has 0 spiro atoms. The van der Waals surface area contributed by atoms with Crippen molar-refractivity contribution < 1.29 is 13.2 Å². The average molecular weight is 418 g/mol. The highest BCUT2D eigenvalue weighted by Gasteiger charge is 2.27. The molecule has 1 saturated heterocycles. The number of nitrogens with zero attached hydrogens (tertiary/aromatic N) is 2. The molecule has 6 nitrogen and oxygen atoms in total. The lowest BCUT2D eigenvalue weighted by atomic mass is 10.1. The predicted octanol–water partition coefficient (Wildman–Crippen LogP) is 2.68. The molecule has 1 N–H and O–H groups in total. The third kappa shape index (κ3) is 4.42. The number of hydrogen-bond donors (Lipinski definition) is 1. The topological polar surface area (TPSA) is 63.6 Å². The number of rotatable bonds is 6. The van der Waals surface area contributed by atoms with E-state index in [9.17, 15) is 8.42 Å². The number of halogens is 2. The van der Waals surface area contributed by atoms with E-state index in [1.807, 2.05) is 29.9 Å². The Morgan fingerprint density at radius 2 is 1.96 bits per heavy atom. The van der Waals surface area contributed by atoms with Gasteiger partial charge in [0.2, 0.25) is 10.0 Å². The van der Waals surface area contributed by atoms with Gasteiger partial charge in [0.15, 0.2) is 0 Å². The molecule has 0 aliphatic carbocycles. The van der Waals surface area contributed by atoms with Crippen LogP contribution in [0.25, 0.3) is 0 Å². The quantitative estimate of drug-likeness (QED) is 0.784. The lowest BCUT2D eigenvalue weighted by molar-refractivity contribution is 0.0158. The summed E-state index contributed by atoms with van der Waals surface area (Å²) in [5, 5.41) is 0.464. The molecule has 1 aromatic carbocycles. The van der Waals surface area contributed by atoms with Gasteiger partial charge in [-0.05, 0) is 30.3 Å². The van der Waals surface area contributed by atoms with Crippen molar-refractivity contribution in [2.24, 2.45) is 7.05 Å². The zero-order chi connectivity index (χ0) is 18.7. The number of morpholine rings is 1. The van der Waals surface area contributed by atoms with E-state index in [1.54, 1.807) is 6.07 Å². The Hall–Kier alpha value is -1.09. The van der Waals surface area contributed by atoms with Gasteiger partial charge in [-0.25, -0.2) is 13.1 Å². The summed E-state index contributed by atoms with van der Waals surface area (Å²) in [5.74, 6) is 0. The summed E-state index contributed by atoms with van der Waals surface area (Å²) in [6.45, 7) is 2.98. The number of hydrogen-bond acceptors (Lipinski definition) is 4. The van der Waals surface area contributed by atoms with Crippen molar-refractivity contribution in [3.05, 3.63) is 52.3 Å². The minimum atomic E-state index is -3.78. The summed E-state index contributed by atoms with van der Waals surface area (Å²) in [5.41, 5.74) is 1.03. The average Bonchev–Trinajstić information content (AvgIpc) is 3.04. The van der Waals surface area contributed by atoms with Crippen LogP contribution in [-0.2, 0) is 21.8 Å². The molecule has 3 rings (SSSR count). The zero-order valence-electron chi connectivity index (χ0n) is 14.4. The maximum absolute atomic E-state index is 12.7. The van der Waals surface area contributed by atoms with Gasteiger partial charge in [0.05, 0.1) is 24.3 Å². The maximum atomic E-state index is 12.7. The molecule has 1 aliphatic heterocycles. The fourth-order valence-electron chi connectivity index (χ4n) is 3.08. The number of aryl methyl sites for hydroxylation is 1. The van der Waals surface area contributed by atoms with Gasteiger partial charge in [0, 0.05) is 43.6 Å². The zero-order valence-corrected chi connectivity index (χ0v) is 16.7. The van der Waals surface area contributed by atoms with Crippen LogP contribution in [0.3, 0.4) is 0 Å². The van der Waals surface area contributed by atoms with Crippen LogP contribution < -0.4 is 4.72 Å². The maximum Gasteiger partial charge on any atom is 0.242 e. The molecule has 0 amide bonds. The molecule has 9 heteroatoms. The summed E-state index contributed by atoms with van der Waals surface area (Å²) in [7, 11) is -1.84. The molecule has 1 aliphatic rings. The van der Waals surface area contributed by atoms with Gasteiger partial charge in [-0.2, -0.15) is 0 Å². The number of nitrogens with one attached hydrogen (secondary N) is 1. The first-order valence-electron chi connectivity index (χ1n) is 8.26. The van der Waals surface area contributed by atoms with Gasteiger partial charge in [0.25, 0.3) is 0 Å². The van der Waals surface area contributed by atoms with Crippen molar-refractivity contribution in [2.75, 3.05) is 32.8 Å². The molecule has 142 valence electrons. The van der Waals surface area contributed by atoms with Crippen molar-refractivity contribution >= 4 is 33.2 Å². The van der Waals surface area contributed by atoms with E-state index < -0.39 is 10.0 Å². The Balaban J connectivity index is 1.83. The van der Waals surface area contributed by atoms with Crippen molar-refractivity contribution in [1.29, 1.82) is 0 Å². The Kier molecular flexibility index (Phi) is 6.27. The lowest BCUT2D eigenvalue weighted by Crippen LogP contribution is -2.44. The first-order valence-corrected chi connectivity index (χ1v) is 10.5. The van der Waals surface area contributed by atoms with Crippen LogP contribution in [0.1, 0.15) is 11.7 Å². The number of ether oxygens (including phenoxy) is 1. The van der Waals surface area contributed by atoms with Crippen LogP contribution in [0.4, 0.5) is 0 Å². The third-order valence-corrected chi connectivity index (χ3v) is 6.60. The van der Waals surface area contributed by atoms with E-state index in [0.29, 0.717) is 18.2 Å². The summed E-state index contributed by atoms with van der Waals surface area (Å²) in [4.78, 5) is 2.21. The molecule has 1 unspecified atom stereocenters. The van der Waals surface area contributed by atoms with Gasteiger partial charge < -0.3 is 9.30 Å². The first-order chi connectivity index (χ1) is 12.4. The van der Waals surface area contributed by atoms with Gasteiger partial charge in [-0.3, -0.25) is 4.90 Å². The molecule has 1 atom stereocenters. The van der Waals surface area contributed by atoms with Crippen LogP contribution >= 0.6 is 23.2 Å². The lowest BCUT2D eigenvalue weighted by Gasteiger charge is -2.34. The highest BCUT2D eigenvalue weighted by Crippen LogP contribution is 2.26. The van der Waals surface area contributed by atoms with Crippen LogP contribution in [0.5, 0.6) is 0 Å². The van der Waals surface area contributed by atoms with Crippen molar-refractivity contribution in [3.63, 3.8) is 0 Å². The van der Waals surface area contributed by atoms with E-state index in [-0.39, 0.29) is 22.5 Å². The molecule has 1 aromatic heterocycles. The summed E-state index contributed by atoms with van der Waals surface area (Å²) in [6, 6.07) is 8.25. The SMILES string of the molecule is Cn1cccc1C(CNS(=O)(=O)c1cc(Cl)ccc1Cl)N1CCOCC1. The summed E-state index contributed by atoms with van der Waals surface area (Å²) in [6.07, 6.45) is 1.95. The second-order valence-electron chi connectivity index (χ2n) is 6.13. The number of sulfonamides is 1. The van der Waals surface area contributed by atoms with Gasteiger partial charge in [-0.1, -0.05) is 23.2 Å². The fourth-order valence-corrected chi connectivity index (χ4v) is 4.88. The molecule has 2 heterocycles. The van der Waals surface area contributed by atoms with Gasteiger partial charge in [-0.15, -0.1) is 0 Å². The number of aromatic nitrogens is 1. The molecule has 0 bridgehead atoms. The third-order valence-electron chi connectivity index (χ3n) is 4.46. The monoisotopic (exact) mass is 417 g/mol. The summed E-state index contributed by atoms with van der Waals surface area (Å²) >= 11 is 12.0. The molecule has 0 saturated carbocycles. The first kappa shape index (κ1) is 19.7. The van der Waals surface area contributed by atoms with E-state index in [4.69, 9.17) is 27.9 Å². The van der Waals surface area contributed by atoms with Gasteiger partial charge in [0.1, 0.15) is 4.90 Å². The van der Waals surface area contributed by atoms with Crippen molar-refractivity contribution in [3.8, 4) is 0 Å². The smallest absolute Gasteiger partial charge is 0.242 e. The number of benzene rings is 1. The Morgan fingerprint density at radius 3 is 2.62 bits per heavy atom. The molecule has 26 heavy (non-hydrogen) atoms. The van der Waals surface area contributed by atoms with E-state index in [0.717, 1.165) is 18.8 Å². The van der Waals surface area contributed by atoms with Gasteiger partial charge >= 0.3 is 0 Å². The van der Waals surface area contributed by atoms with Crippen LogP contribution in [0.15, 0.2) is 41.4 Å². The normalized spacial score (nSPS) is 17.3. The standard InChI is InChI=1S/C17H21Cl2N3O3S/c1-21-6-2-3-15(21)16(22-7-9-25-10-8-22)12-20-26(23,24)17-11-13(18)4-5-14(17)19/h2-6,11,16,20H,7-10,12H2,1H3. The van der Waals surface area contributed by atoms with Crippen LogP contribution in [0, 0.1) is 0 Å². The largest absolute Gasteiger partial charge is 0.379 e. The van der Waals surface area contributed by atoms with Crippen LogP contribution in [0.2, 0.25) is 10.0 Å². The van der Waals surface area contributed by atoms with E-state index in [2.05, 4.69) is 9.62 Å². The minimum Gasteiger partial charge on any atom is -0.379 e. The second-order valence-corrected chi connectivity index (χ2v) is 8.71. The Labute approximate surface area is 163 Å². The van der Waals surface area contributed by atoms with E-state index >= 15 is 0 Å². The molecule has 1 fully saturated rings. The van der Waals surface area contributed by atoms with Crippen LogP contribution in [-0.4, -0.2) is 50.7 Å². The minimum absolute atomic E-state index is 0.0146.